The zero-order valence-corrected chi connectivity index (χ0v) is 10.8. The van der Waals surface area contributed by atoms with Crippen LogP contribution in [-0.4, -0.2) is 42.3 Å². The lowest BCUT2D eigenvalue weighted by molar-refractivity contribution is -0.231. The molecule has 0 spiro atoms. The van der Waals surface area contributed by atoms with E-state index in [0.717, 1.165) is 13.8 Å². The van der Waals surface area contributed by atoms with Gasteiger partial charge in [0, 0.05) is 20.8 Å². The van der Waals surface area contributed by atoms with Crippen molar-refractivity contribution in [1.82, 2.24) is 5.32 Å². The number of nitrogens with one attached hydrogen (secondary N) is 1. The van der Waals surface area contributed by atoms with Crippen molar-refractivity contribution in [2.45, 2.75) is 39.0 Å². The second-order valence-corrected chi connectivity index (χ2v) is 4.10. The highest BCUT2D eigenvalue weighted by atomic mass is 16.7. The first-order valence-electron chi connectivity index (χ1n) is 5.57. The Morgan fingerprint density at radius 3 is 2.11 bits per heavy atom. The Morgan fingerprint density at radius 2 is 1.68 bits per heavy atom. The molecule has 0 aromatic carbocycles. The topological polar surface area (TPSA) is 108 Å². The Hall–Kier alpha value is -2.12. The number of amides is 1. The molecule has 1 aliphatic heterocycles. The second kappa shape index (κ2) is 5.68. The van der Waals surface area contributed by atoms with Gasteiger partial charge < -0.3 is 19.5 Å². The summed E-state index contributed by atoms with van der Waals surface area (Å²) in [6.45, 7) is 3.17. The highest BCUT2D eigenvalue weighted by Gasteiger charge is 2.54. The molecule has 8 heteroatoms. The minimum atomic E-state index is -1.77. The van der Waals surface area contributed by atoms with E-state index >= 15 is 0 Å². The van der Waals surface area contributed by atoms with Gasteiger partial charge in [0.2, 0.25) is 5.91 Å². The van der Waals surface area contributed by atoms with E-state index in [1.165, 1.54) is 6.92 Å². The molecule has 106 valence electrons. The predicted octanol–water partition coefficient (Wildman–Crippen LogP) is -0.739. The minimum Gasteiger partial charge on any atom is -0.463 e. The van der Waals surface area contributed by atoms with E-state index < -0.39 is 35.6 Å². The van der Waals surface area contributed by atoms with Crippen molar-refractivity contribution < 1.29 is 33.4 Å². The molecule has 0 aliphatic carbocycles. The van der Waals surface area contributed by atoms with Gasteiger partial charge in [0.1, 0.15) is 19.1 Å². The van der Waals surface area contributed by atoms with Gasteiger partial charge in [-0.2, -0.15) is 0 Å². The van der Waals surface area contributed by atoms with Crippen molar-refractivity contribution in [2.75, 3.05) is 6.61 Å². The van der Waals surface area contributed by atoms with Crippen LogP contribution in [0.2, 0.25) is 0 Å². The highest BCUT2D eigenvalue weighted by Crippen LogP contribution is 2.29. The maximum Gasteiger partial charge on any atom is 0.306 e. The third-order valence-electron chi connectivity index (χ3n) is 2.36. The van der Waals surface area contributed by atoms with Crippen molar-refractivity contribution in [2.24, 2.45) is 0 Å². The average molecular weight is 273 g/mol. The number of hydrogen-bond acceptors (Lipinski definition) is 7. The van der Waals surface area contributed by atoms with Gasteiger partial charge >= 0.3 is 17.9 Å². The van der Waals surface area contributed by atoms with E-state index in [1.807, 2.05) is 0 Å². The predicted molar refractivity (Wildman–Crippen MR) is 59.4 cm³/mol. The van der Waals surface area contributed by atoms with Gasteiger partial charge in [0.15, 0.2) is 0 Å². The zero-order chi connectivity index (χ0) is 14.6. The molecular weight excluding hydrogens is 258 g/mol. The molecule has 1 unspecified atom stereocenters. The fraction of sp³-hybridized carbons (Fsp3) is 0.636. The second-order valence-electron chi connectivity index (χ2n) is 4.10. The van der Waals surface area contributed by atoms with Crippen LogP contribution in [-0.2, 0) is 33.4 Å². The summed E-state index contributed by atoms with van der Waals surface area (Å²) in [6, 6.07) is -0.934. The molecule has 1 rings (SSSR count). The summed E-state index contributed by atoms with van der Waals surface area (Å²) < 4.78 is 14.7. The summed E-state index contributed by atoms with van der Waals surface area (Å²) in [5.74, 6) is -4.25. The van der Waals surface area contributed by atoms with Gasteiger partial charge in [-0.25, -0.2) is 0 Å². The number of hydrogen-bond donors (Lipinski definition) is 1. The Morgan fingerprint density at radius 1 is 1.16 bits per heavy atom. The van der Waals surface area contributed by atoms with Gasteiger partial charge in [-0.1, -0.05) is 0 Å². The normalized spacial score (nSPS) is 20.4. The lowest BCUT2D eigenvalue weighted by Crippen LogP contribution is -2.51. The van der Waals surface area contributed by atoms with Crippen LogP contribution in [0.25, 0.3) is 0 Å². The van der Waals surface area contributed by atoms with E-state index in [-0.39, 0.29) is 13.0 Å². The molecule has 1 aliphatic rings. The summed E-state index contributed by atoms with van der Waals surface area (Å²) in [5.41, 5.74) is 0. The van der Waals surface area contributed by atoms with Crippen LogP contribution in [0.5, 0.6) is 0 Å². The van der Waals surface area contributed by atoms with Gasteiger partial charge in [0.05, 0.1) is 0 Å². The van der Waals surface area contributed by atoms with Crippen molar-refractivity contribution in [3.63, 3.8) is 0 Å². The van der Waals surface area contributed by atoms with Crippen LogP contribution < -0.4 is 5.32 Å². The first-order valence-corrected chi connectivity index (χ1v) is 5.57. The summed E-state index contributed by atoms with van der Waals surface area (Å²) in [6.07, 6.45) is -0.335. The van der Waals surface area contributed by atoms with Crippen LogP contribution in [0.15, 0.2) is 0 Å². The third-order valence-corrected chi connectivity index (χ3v) is 2.36. The SMILES string of the molecule is CC(=O)OCC1NC(=O)CC1(OC(C)=O)OC(C)=O. The van der Waals surface area contributed by atoms with Crippen LogP contribution in [0.4, 0.5) is 0 Å². The molecule has 1 fully saturated rings. The molecule has 8 nitrogen and oxygen atoms in total. The Balaban J connectivity index is 2.94. The molecule has 1 atom stereocenters. The van der Waals surface area contributed by atoms with Gasteiger partial charge in [-0.3, -0.25) is 19.2 Å². The van der Waals surface area contributed by atoms with E-state index in [2.05, 4.69) is 5.32 Å². The van der Waals surface area contributed by atoms with E-state index in [0.29, 0.717) is 0 Å². The lowest BCUT2D eigenvalue weighted by atomic mass is 10.1. The summed E-state index contributed by atoms with van der Waals surface area (Å²) in [4.78, 5) is 44.5. The summed E-state index contributed by atoms with van der Waals surface area (Å²) in [5, 5.41) is 2.44. The van der Waals surface area contributed by atoms with Crippen LogP contribution >= 0.6 is 0 Å². The Bertz CT molecular complexity index is 401. The third kappa shape index (κ3) is 3.94. The number of ether oxygens (including phenoxy) is 3. The first-order chi connectivity index (χ1) is 8.75. The molecule has 0 aromatic heterocycles. The molecule has 19 heavy (non-hydrogen) atoms. The van der Waals surface area contributed by atoms with Crippen LogP contribution in [0, 0.1) is 0 Å². The number of carbonyl (C=O) groups excluding carboxylic acids is 4. The highest BCUT2D eigenvalue weighted by molar-refractivity contribution is 5.82. The van der Waals surface area contributed by atoms with E-state index in [4.69, 9.17) is 14.2 Å². The molecule has 1 N–H and O–H groups in total. The molecule has 0 saturated carbocycles. The maximum atomic E-state index is 11.4. The molecule has 0 aromatic rings. The summed E-state index contributed by atoms with van der Waals surface area (Å²) in [7, 11) is 0. The van der Waals surface area contributed by atoms with E-state index in [1.54, 1.807) is 0 Å². The fourth-order valence-corrected chi connectivity index (χ4v) is 1.79. The molecule has 0 radical (unpaired) electrons. The Labute approximate surface area is 109 Å². The van der Waals surface area contributed by atoms with Crippen LogP contribution in [0.3, 0.4) is 0 Å². The quantitative estimate of drug-likeness (QED) is 0.531. The Kier molecular flexibility index (Phi) is 4.47. The molecule has 0 bridgehead atoms. The van der Waals surface area contributed by atoms with Crippen molar-refractivity contribution in [3.05, 3.63) is 0 Å². The largest absolute Gasteiger partial charge is 0.463 e. The average Bonchev–Trinajstić information content (AvgIpc) is 2.49. The molecule has 1 heterocycles. The van der Waals surface area contributed by atoms with Gasteiger partial charge in [0.25, 0.3) is 5.79 Å². The first kappa shape index (κ1) is 14.9. The molecular formula is C11H15NO7. The van der Waals surface area contributed by atoms with E-state index in [9.17, 15) is 19.2 Å². The minimum absolute atomic E-state index is 0.262. The zero-order valence-electron chi connectivity index (χ0n) is 10.8. The van der Waals surface area contributed by atoms with Crippen molar-refractivity contribution >= 4 is 23.8 Å². The molecule has 1 saturated heterocycles. The fourth-order valence-electron chi connectivity index (χ4n) is 1.79. The smallest absolute Gasteiger partial charge is 0.306 e. The van der Waals surface area contributed by atoms with Gasteiger partial charge in [-0.05, 0) is 0 Å². The van der Waals surface area contributed by atoms with Crippen molar-refractivity contribution in [1.29, 1.82) is 0 Å². The monoisotopic (exact) mass is 273 g/mol. The standard InChI is InChI=1S/C11H15NO7/c1-6(13)17-5-9-11(18-7(2)14,19-8(3)15)4-10(16)12-9/h9H,4-5H2,1-3H3,(H,12,16). The van der Waals surface area contributed by atoms with Gasteiger partial charge in [-0.15, -0.1) is 0 Å². The molecule has 1 amide bonds. The van der Waals surface area contributed by atoms with Crippen molar-refractivity contribution in [3.8, 4) is 0 Å². The number of rotatable bonds is 4. The lowest BCUT2D eigenvalue weighted by Gasteiger charge is -2.31. The maximum absolute atomic E-state index is 11.4. The number of carbonyl (C=O) groups is 4. The number of esters is 3. The van der Waals surface area contributed by atoms with Crippen LogP contribution in [0.1, 0.15) is 27.2 Å². The summed E-state index contributed by atoms with van der Waals surface area (Å²) >= 11 is 0.